The van der Waals surface area contributed by atoms with Crippen molar-refractivity contribution in [3.05, 3.63) is 24.0 Å². The summed E-state index contributed by atoms with van der Waals surface area (Å²) in [6.07, 6.45) is 4.98. The largest absolute Gasteiger partial charge is 0.383 e. The van der Waals surface area contributed by atoms with E-state index in [1.807, 2.05) is 12.4 Å². The second kappa shape index (κ2) is 6.71. The Morgan fingerprint density at radius 1 is 1.22 bits per heavy atom. The fourth-order valence-corrected chi connectivity index (χ4v) is 2.29. The summed E-state index contributed by atoms with van der Waals surface area (Å²) in [5.41, 5.74) is 2.58. The van der Waals surface area contributed by atoms with E-state index in [0.717, 1.165) is 45.8 Å². The molecular formula is C14H23N3O. The number of aryl methyl sites for hydroxylation is 1. The Morgan fingerprint density at radius 3 is 2.67 bits per heavy atom. The van der Waals surface area contributed by atoms with Crippen molar-refractivity contribution in [3.8, 4) is 0 Å². The van der Waals surface area contributed by atoms with Crippen molar-refractivity contribution in [1.82, 2.24) is 9.88 Å². The van der Waals surface area contributed by atoms with Crippen molar-refractivity contribution in [1.29, 1.82) is 0 Å². The number of pyridine rings is 1. The third-order valence-corrected chi connectivity index (χ3v) is 3.54. The summed E-state index contributed by atoms with van der Waals surface area (Å²) in [4.78, 5) is 9.21. The summed E-state index contributed by atoms with van der Waals surface area (Å²) < 4.78 is 5.12. The van der Waals surface area contributed by atoms with Crippen LogP contribution in [0.4, 0.5) is 5.69 Å². The van der Waals surface area contributed by atoms with Gasteiger partial charge in [-0.1, -0.05) is 6.92 Å². The number of piperazine rings is 1. The van der Waals surface area contributed by atoms with Crippen LogP contribution in [0.15, 0.2) is 18.5 Å². The Morgan fingerprint density at radius 2 is 2.00 bits per heavy atom. The van der Waals surface area contributed by atoms with Gasteiger partial charge in [0.15, 0.2) is 0 Å². The van der Waals surface area contributed by atoms with Crippen molar-refractivity contribution in [2.75, 3.05) is 51.3 Å². The topological polar surface area (TPSA) is 28.6 Å². The first-order chi connectivity index (χ1) is 8.83. The molecule has 1 aromatic rings. The molecule has 100 valence electrons. The molecule has 0 unspecified atom stereocenters. The van der Waals surface area contributed by atoms with E-state index in [4.69, 9.17) is 4.74 Å². The predicted molar refractivity (Wildman–Crippen MR) is 74.1 cm³/mol. The lowest BCUT2D eigenvalue weighted by molar-refractivity contribution is 0.144. The molecule has 1 aliphatic rings. The van der Waals surface area contributed by atoms with E-state index in [2.05, 4.69) is 27.8 Å². The van der Waals surface area contributed by atoms with E-state index in [0.29, 0.717) is 0 Å². The zero-order valence-corrected chi connectivity index (χ0v) is 11.4. The SMILES string of the molecule is CCc1cncc(N2CCN(CCOC)CC2)c1. The molecule has 1 saturated heterocycles. The van der Waals surface area contributed by atoms with Crippen LogP contribution in [0.2, 0.25) is 0 Å². The van der Waals surface area contributed by atoms with E-state index in [1.54, 1.807) is 7.11 Å². The first-order valence-electron chi connectivity index (χ1n) is 6.73. The van der Waals surface area contributed by atoms with Gasteiger partial charge in [0.05, 0.1) is 18.5 Å². The van der Waals surface area contributed by atoms with Gasteiger partial charge in [-0.3, -0.25) is 9.88 Å². The number of hydrogen-bond acceptors (Lipinski definition) is 4. The van der Waals surface area contributed by atoms with Crippen molar-refractivity contribution in [2.45, 2.75) is 13.3 Å². The molecule has 0 N–H and O–H groups in total. The third kappa shape index (κ3) is 3.43. The van der Waals surface area contributed by atoms with Gasteiger partial charge in [-0.2, -0.15) is 0 Å². The summed E-state index contributed by atoms with van der Waals surface area (Å²) in [5.74, 6) is 0. The van der Waals surface area contributed by atoms with Gasteiger partial charge in [-0.15, -0.1) is 0 Å². The molecule has 4 heteroatoms. The number of rotatable bonds is 5. The van der Waals surface area contributed by atoms with Gasteiger partial charge < -0.3 is 9.64 Å². The van der Waals surface area contributed by atoms with Gasteiger partial charge in [-0.05, 0) is 18.1 Å². The molecule has 0 spiro atoms. The Labute approximate surface area is 110 Å². The van der Waals surface area contributed by atoms with Gasteiger partial charge in [0, 0.05) is 46.0 Å². The minimum atomic E-state index is 0.826. The molecule has 0 saturated carbocycles. The Balaban J connectivity index is 1.88. The average molecular weight is 249 g/mol. The lowest BCUT2D eigenvalue weighted by atomic mass is 10.2. The van der Waals surface area contributed by atoms with E-state index in [9.17, 15) is 0 Å². The van der Waals surface area contributed by atoms with Crippen LogP contribution in [0.1, 0.15) is 12.5 Å². The molecule has 0 amide bonds. The highest BCUT2D eigenvalue weighted by Gasteiger charge is 2.16. The van der Waals surface area contributed by atoms with Gasteiger partial charge in [0.25, 0.3) is 0 Å². The smallest absolute Gasteiger partial charge is 0.0589 e. The molecule has 18 heavy (non-hydrogen) atoms. The Kier molecular flexibility index (Phi) is 4.96. The summed E-state index contributed by atoms with van der Waals surface area (Å²) in [6.45, 7) is 8.42. The standard InChI is InChI=1S/C14H23N3O/c1-3-13-10-14(12-15-11-13)17-6-4-16(5-7-17)8-9-18-2/h10-12H,3-9H2,1-2H3. The first kappa shape index (κ1) is 13.3. The van der Waals surface area contributed by atoms with E-state index < -0.39 is 0 Å². The highest BCUT2D eigenvalue weighted by molar-refractivity contribution is 5.46. The van der Waals surface area contributed by atoms with E-state index in [1.165, 1.54) is 11.3 Å². The van der Waals surface area contributed by atoms with Gasteiger partial charge >= 0.3 is 0 Å². The van der Waals surface area contributed by atoms with E-state index >= 15 is 0 Å². The van der Waals surface area contributed by atoms with Gasteiger partial charge in [0.1, 0.15) is 0 Å². The lowest BCUT2D eigenvalue weighted by Crippen LogP contribution is -2.47. The summed E-state index contributed by atoms with van der Waals surface area (Å²) in [6, 6.07) is 2.26. The highest BCUT2D eigenvalue weighted by atomic mass is 16.5. The molecule has 0 radical (unpaired) electrons. The molecule has 1 aliphatic heterocycles. The van der Waals surface area contributed by atoms with Crippen LogP contribution >= 0.6 is 0 Å². The third-order valence-electron chi connectivity index (χ3n) is 3.54. The maximum atomic E-state index is 5.12. The number of hydrogen-bond donors (Lipinski definition) is 0. The van der Waals surface area contributed by atoms with Crippen LogP contribution in [0.3, 0.4) is 0 Å². The Hall–Kier alpha value is -1.13. The molecule has 0 atom stereocenters. The van der Waals surface area contributed by atoms with Gasteiger partial charge in [0.2, 0.25) is 0 Å². The van der Waals surface area contributed by atoms with Crippen LogP contribution in [-0.2, 0) is 11.2 Å². The molecule has 0 aliphatic carbocycles. The van der Waals surface area contributed by atoms with Crippen molar-refractivity contribution < 1.29 is 4.74 Å². The maximum absolute atomic E-state index is 5.12. The molecule has 1 aromatic heterocycles. The van der Waals surface area contributed by atoms with Gasteiger partial charge in [-0.25, -0.2) is 0 Å². The molecule has 1 fully saturated rings. The zero-order valence-electron chi connectivity index (χ0n) is 11.4. The molecule has 0 aromatic carbocycles. The summed E-state index contributed by atoms with van der Waals surface area (Å²) >= 11 is 0. The van der Waals surface area contributed by atoms with Crippen LogP contribution in [-0.4, -0.2) is 56.3 Å². The molecule has 0 bridgehead atoms. The fraction of sp³-hybridized carbons (Fsp3) is 0.643. The molecule has 2 heterocycles. The molecule has 4 nitrogen and oxygen atoms in total. The average Bonchev–Trinajstić information content (AvgIpc) is 2.46. The number of methoxy groups -OCH3 is 1. The van der Waals surface area contributed by atoms with Crippen molar-refractivity contribution in [2.24, 2.45) is 0 Å². The van der Waals surface area contributed by atoms with Crippen LogP contribution < -0.4 is 4.90 Å². The monoisotopic (exact) mass is 249 g/mol. The van der Waals surface area contributed by atoms with Crippen molar-refractivity contribution >= 4 is 5.69 Å². The first-order valence-corrected chi connectivity index (χ1v) is 6.73. The number of anilines is 1. The van der Waals surface area contributed by atoms with Crippen LogP contribution in [0.5, 0.6) is 0 Å². The predicted octanol–water partition coefficient (Wildman–Crippen LogP) is 1.41. The number of ether oxygens (including phenoxy) is 1. The quantitative estimate of drug-likeness (QED) is 0.789. The minimum Gasteiger partial charge on any atom is -0.383 e. The highest BCUT2D eigenvalue weighted by Crippen LogP contribution is 2.16. The number of nitrogens with zero attached hydrogens (tertiary/aromatic N) is 3. The van der Waals surface area contributed by atoms with Crippen LogP contribution in [0, 0.1) is 0 Å². The van der Waals surface area contributed by atoms with E-state index in [-0.39, 0.29) is 0 Å². The number of aromatic nitrogens is 1. The second-order valence-corrected chi connectivity index (χ2v) is 4.73. The Bertz CT molecular complexity index is 362. The summed E-state index contributed by atoms with van der Waals surface area (Å²) in [7, 11) is 1.76. The second-order valence-electron chi connectivity index (χ2n) is 4.73. The minimum absolute atomic E-state index is 0.826. The molecular weight excluding hydrogens is 226 g/mol. The van der Waals surface area contributed by atoms with Crippen LogP contribution in [0.25, 0.3) is 0 Å². The lowest BCUT2D eigenvalue weighted by Gasteiger charge is -2.35. The normalized spacial score (nSPS) is 17.1. The summed E-state index contributed by atoms with van der Waals surface area (Å²) in [5, 5.41) is 0. The maximum Gasteiger partial charge on any atom is 0.0589 e. The fourth-order valence-electron chi connectivity index (χ4n) is 2.29. The van der Waals surface area contributed by atoms with Crippen molar-refractivity contribution in [3.63, 3.8) is 0 Å². The zero-order chi connectivity index (χ0) is 12.8. The molecule has 2 rings (SSSR count).